The zero-order chi connectivity index (χ0) is 15.5. The third-order valence-electron chi connectivity index (χ3n) is 4.88. The van der Waals surface area contributed by atoms with Crippen LogP contribution in [0.1, 0.15) is 43.7 Å². The van der Waals surface area contributed by atoms with Gasteiger partial charge in [-0.1, -0.05) is 6.42 Å². The highest BCUT2D eigenvalue weighted by atomic mass is 19.1. The van der Waals surface area contributed by atoms with Gasteiger partial charge in [-0.25, -0.2) is 4.39 Å². The number of nitrogens with zero attached hydrogens (tertiary/aromatic N) is 2. The molecule has 5 nitrogen and oxygen atoms in total. The number of nitro benzene ring substituents is 1. The molecule has 1 aromatic rings. The van der Waals surface area contributed by atoms with Crippen LogP contribution in [-0.4, -0.2) is 35.5 Å². The van der Waals surface area contributed by atoms with Gasteiger partial charge in [0.1, 0.15) is 5.82 Å². The van der Waals surface area contributed by atoms with Crippen molar-refractivity contribution in [2.24, 2.45) is 0 Å². The smallest absolute Gasteiger partial charge is 0.272 e. The van der Waals surface area contributed by atoms with Crippen LogP contribution in [0.3, 0.4) is 0 Å². The van der Waals surface area contributed by atoms with Crippen LogP contribution in [0.5, 0.6) is 0 Å². The minimum Gasteiger partial charge on any atom is -0.317 e. The summed E-state index contributed by atoms with van der Waals surface area (Å²) >= 11 is 0. The Labute approximate surface area is 129 Å². The van der Waals surface area contributed by atoms with E-state index in [0.717, 1.165) is 57.8 Å². The van der Waals surface area contributed by atoms with Crippen molar-refractivity contribution in [3.05, 3.63) is 39.7 Å². The average Bonchev–Trinajstić information content (AvgIpc) is 2.55. The monoisotopic (exact) mass is 307 g/mol. The highest BCUT2D eigenvalue weighted by molar-refractivity contribution is 5.36. The summed E-state index contributed by atoms with van der Waals surface area (Å²) in [5.41, 5.74) is 0.439. The second-order valence-electron chi connectivity index (χ2n) is 6.19. The van der Waals surface area contributed by atoms with E-state index < -0.39 is 10.7 Å². The highest BCUT2D eigenvalue weighted by Gasteiger charge is 2.32. The number of nitro groups is 1. The molecule has 0 radical (unpaired) electrons. The lowest BCUT2D eigenvalue weighted by molar-refractivity contribution is -0.385. The topological polar surface area (TPSA) is 58.4 Å². The molecule has 6 heteroatoms. The maximum absolute atomic E-state index is 14.4. The molecule has 3 rings (SSSR count). The largest absolute Gasteiger partial charge is 0.317 e. The molecule has 22 heavy (non-hydrogen) atoms. The fraction of sp³-hybridized carbons (Fsp3) is 0.625. The Morgan fingerprint density at radius 3 is 2.68 bits per heavy atom. The zero-order valence-electron chi connectivity index (χ0n) is 12.6. The molecule has 0 amide bonds. The van der Waals surface area contributed by atoms with E-state index >= 15 is 0 Å². The van der Waals surface area contributed by atoms with Crippen LogP contribution in [0, 0.1) is 15.9 Å². The van der Waals surface area contributed by atoms with E-state index in [-0.39, 0.29) is 11.7 Å². The lowest BCUT2D eigenvalue weighted by Crippen LogP contribution is -2.46. The van der Waals surface area contributed by atoms with Crippen molar-refractivity contribution in [3.63, 3.8) is 0 Å². The van der Waals surface area contributed by atoms with Crippen LogP contribution >= 0.6 is 0 Å². The molecule has 2 fully saturated rings. The Bertz CT molecular complexity index is 546. The van der Waals surface area contributed by atoms with Gasteiger partial charge in [0, 0.05) is 23.7 Å². The molecule has 0 spiro atoms. The van der Waals surface area contributed by atoms with Crippen molar-refractivity contribution in [1.82, 2.24) is 10.2 Å². The van der Waals surface area contributed by atoms with Gasteiger partial charge < -0.3 is 5.32 Å². The first kappa shape index (κ1) is 15.4. The maximum atomic E-state index is 14.4. The summed E-state index contributed by atoms with van der Waals surface area (Å²) in [6.07, 6.45) is 5.34. The van der Waals surface area contributed by atoms with Gasteiger partial charge in [0.05, 0.1) is 11.0 Å². The molecular weight excluding hydrogens is 285 g/mol. The Balaban J connectivity index is 1.85. The van der Waals surface area contributed by atoms with Crippen molar-refractivity contribution in [2.75, 3.05) is 19.6 Å². The first-order valence-corrected chi connectivity index (χ1v) is 8.07. The van der Waals surface area contributed by atoms with E-state index in [9.17, 15) is 14.5 Å². The van der Waals surface area contributed by atoms with Crippen LogP contribution in [0.2, 0.25) is 0 Å². The molecule has 2 aliphatic heterocycles. The van der Waals surface area contributed by atoms with E-state index in [0.29, 0.717) is 11.6 Å². The molecule has 120 valence electrons. The summed E-state index contributed by atoms with van der Waals surface area (Å²) in [7, 11) is 0. The van der Waals surface area contributed by atoms with Crippen LogP contribution in [-0.2, 0) is 0 Å². The Morgan fingerprint density at radius 1 is 1.23 bits per heavy atom. The molecule has 1 aromatic carbocycles. The molecule has 1 N–H and O–H groups in total. The molecule has 0 bridgehead atoms. The van der Waals surface area contributed by atoms with Crippen LogP contribution in [0.4, 0.5) is 10.1 Å². The first-order chi connectivity index (χ1) is 10.7. The predicted molar refractivity (Wildman–Crippen MR) is 82.2 cm³/mol. The van der Waals surface area contributed by atoms with Gasteiger partial charge in [-0.05, 0) is 51.4 Å². The van der Waals surface area contributed by atoms with Crippen LogP contribution in [0.25, 0.3) is 0 Å². The summed E-state index contributed by atoms with van der Waals surface area (Å²) in [6, 6.07) is 4.63. The lowest BCUT2D eigenvalue weighted by Gasteiger charge is -2.43. The first-order valence-electron chi connectivity index (χ1n) is 8.07. The summed E-state index contributed by atoms with van der Waals surface area (Å²) in [5.74, 6) is -0.444. The fourth-order valence-corrected chi connectivity index (χ4v) is 3.76. The Kier molecular flexibility index (Phi) is 4.69. The van der Waals surface area contributed by atoms with Crippen LogP contribution < -0.4 is 5.32 Å². The van der Waals surface area contributed by atoms with Gasteiger partial charge in [0.15, 0.2) is 0 Å². The molecule has 2 heterocycles. The van der Waals surface area contributed by atoms with E-state index in [1.54, 1.807) is 6.07 Å². The van der Waals surface area contributed by atoms with Crippen molar-refractivity contribution < 1.29 is 9.31 Å². The number of rotatable bonds is 3. The molecule has 1 unspecified atom stereocenters. The summed E-state index contributed by atoms with van der Waals surface area (Å²) < 4.78 is 14.4. The van der Waals surface area contributed by atoms with Gasteiger partial charge in [-0.2, -0.15) is 0 Å². The minimum absolute atomic E-state index is 0.0534. The predicted octanol–water partition coefficient (Wildman–Crippen LogP) is 3.01. The minimum atomic E-state index is -0.543. The lowest BCUT2D eigenvalue weighted by atomic mass is 9.91. The van der Waals surface area contributed by atoms with Crippen molar-refractivity contribution in [2.45, 2.75) is 44.2 Å². The Morgan fingerprint density at radius 2 is 2.00 bits per heavy atom. The Hall–Kier alpha value is -1.53. The molecule has 1 atom stereocenters. The number of hydrogen-bond acceptors (Lipinski definition) is 4. The number of likely N-dealkylation sites (tertiary alicyclic amines) is 1. The van der Waals surface area contributed by atoms with Gasteiger partial charge in [-0.15, -0.1) is 0 Å². The molecule has 2 saturated heterocycles. The van der Waals surface area contributed by atoms with Gasteiger partial charge in [0.25, 0.3) is 5.69 Å². The van der Waals surface area contributed by atoms with Crippen LogP contribution in [0.15, 0.2) is 18.2 Å². The number of non-ortho nitro benzene ring substituents is 1. The second kappa shape index (κ2) is 6.71. The molecule has 2 aliphatic rings. The van der Waals surface area contributed by atoms with E-state index in [1.165, 1.54) is 6.07 Å². The standard InChI is InChI=1S/C16H22FN3O2/c17-15-11-13(20(21)22)4-5-14(15)16-3-1-2-10-19(16)12-6-8-18-9-7-12/h4-5,11-12,16,18H,1-3,6-10H2. The van der Waals surface area contributed by atoms with E-state index in [2.05, 4.69) is 10.2 Å². The van der Waals surface area contributed by atoms with E-state index in [4.69, 9.17) is 0 Å². The third-order valence-corrected chi connectivity index (χ3v) is 4.88. The number of hydrogen-bond donors (Lipinski definition) is 1. The quantitative estimate of drug-likeness (QED) is 0.689. The fourth-order valence-electron chi connectivity index (χ4n) is 3.76. The number of benzene rings is 1. The van der Waals surface area contributed by atoms with Gasteiger partial charge >= 0.3 is 0 Å². The maximum Gasteiger partial charge on any atom is 0.272 e. The van der Waals surface area contributed by atoms with Crippen molar-refractivity contribution >= 4 is 5.69 Å². The zero-order valence-corrected chi connectivity index (χ0v) is 12.6. The molecular formula is C16H22FN3O2. The number of halogens is 1. The summed E-state index contributed by atoms with van der Waals surface area (Å²) in [6.45, 7) is 3.01. The SMILES string of the molecule is O=[N+]([O-])c1ccc(C2CCCCN2C2CCNCC2)c(F)c1. The molecule has 0 saturated carbocycles. The van der Waals surface area contributed by atoms with Crippen molar-refractivity contribution in [1.29, 1.82) is 0 Å². The highest BCUT2D eigenvalue weighted by Crippen LogP contribution is 2.36. The van der Waals surface area contributed by atoms with Crippen molar-refractivity contribution in [3.8, 4) is 0 Å². The molecule has 0 aromatic heterocycles. The number of nitrogens with one attached hydrogen (secondary N) is 1. The summed E-state index contributed by atoms with van der Waals surface area (Å²) in [5, 5.41) is 14.1. The summed E-state index contributed by atoms with van der Waals surface area (Å²) in [4.78, 5) is 12.7. The van der Waals surface area contributed by atoms with E-state index in [1.807, 2.05) is 0 Å². The number of piperidine rings is 2. The normalized spacial score (nSPS) is 24.3. The average molecular weight is 307 g/mol. The molecule has 0 aliphatic carbocycles. The third kappa shape index (κ3) is 3.13. The second-order valence-corrected chi connectivity index (χ2v) is 6.19. The van der Waals surface area contributed by atoms with Gasteiger partial charge in [-0.3, -0.25) is 15.0 Å². The van der Waals surface area contributed by atoms with Gasteiger partial charge in [0.2, 0.25) is 0 Å².